The van der Waals surface area contributed by atoms with Gasteiger partial charge in [0.05, 0.1) is 11.0 Å². The molecule has 1 aromatic heterocycles. The number of fused-ring (bicyclic) bond motifs is 2. The van der Waals surface area contributed by atoms with Crippen LogP contribution in [0.4, 0.5) is 5.69 Å². The average Bonchev–Trinajstić information content (AvgIpc) is 2.53. The SMILES string of the molecule is Cc1c(N)cc2nc3ccccc3cc2c1CCCCCO. The van der Waals surface area contributed by atoms with E-state index in [0.29, 0.717) is 0 Å². The van der Waals surface area contributed by atoms with Crippen LogP contribution < -0.4 is 5.73 Å². The van der Waals surface area contributed by atoms with Crippen LogP contribution in [0.1, 0.15) is 30.4 Å². The highest BCUT2D eigenvalue weighted by atomic mass is 16.2. The predicted octanol–water partition coefficient (Wildman–Crippen LogP) is 3.98. The summed E-state index contributed by atoms with van der Waals surface area (Å²) in [5.74, 6) is 0. The average molecular weight is 294 g/mol. The zero-order valence-corrected chi connectivity index (χ0v) is 13.0. The molecular formula is C19H22N2O. The summed E-state index contributed by atoms with van der Waals surface area (Å²) in [5.41, 5.74) is 11.4. The molecule has 0 aliphatic heterocycles. The molecule has 0 radical (unpaired) electrons. The molecule has 3 heteroatoms. The summed E-state index contributed by atoms with van der Waals surface area (Å²) < 4.78 is 0. The summed E-state index contributed by atoms with van der Waals surface area (Å²) in [6.45, 7) is 2.36. The monoisotopic (exact) mass is 294 g/mol. The van der Waals surface area contributed by atoms with Gasteiger partial charge in [0.25, 0.3) is 0 Å². The van der Waals surface area contributed by atoms with Crippen molar-refractivity contribution in [2.75, 3.05) is 12.3 Å². The third kappa shape index (κ3) is 2.77. The van der Waals surface area contributed by atoms with E-state index in [4.69, 9.17) is 15.8 Å². The van der Waals surface area contributed by atoms with Crippen LogP contribution in [-0.4, -0.2) is 16.7 Å². The van der Waals surface area contributed by atoms with Gasteiger partial charge in [-0.05, 0) is 55.5 Å². The topological polar surface area (TPSA) is 59.1 Å². The van der Waals surface area contributed by atoms with Crippen molar-refractivity contribution in [3.8, 4) is 0 Å². The van der Waals surface area contributed by atoms with E-state index in [0.717, 1.165) is 53.4 Å². The Hall–Kier alpha value is -2.13. The van der Waals surface area contributed by atoms with Crippen LogP contribution in [0.25, 0.3) is 21.8 Å². The second-order valence-electron chi connectivity index (χ2n) is 5.85. The number of pyridine rings is 1. The molecule has 22 heavy (non-hydrogen) atoms. The molecule has 3 N–H and O–H groups in total. The number of nitrogen functional groups attached to an aromatic ring is 1. The molecular weight excluding hydrogens is 272 g/mol. The van der Waals surface area contributed by atoms with Gasteiger partial charge in [-0.3, -0.25) is 0 Å². The van der Waals surface area contributed by atoms with E-state index in [1.165, 1.54) is 10.9 Å². The molecule has 0 atom stereocenters. The highest BCUT2D eigenvalue weighted by Crippen LogP contribution is 2.30. The summed E-state index contributed by atoms with van der Waals surface area (Å²) in [5, 5.41) is 11.3. The number of unbranched alkanes of at least 4 members (excludes halogenated alkanes) is 2. The van der Waals surface area contributed by atoms with Crippen molar-refractivity contribution in [2.45, 2.75) is 32.6 Å². The van der Waals surface area contributed by atoms with E-state index in [9.17, 15) is 0 Å². The first-order chi connectivity index (χ1) is 10.7. The molecule has 0 fully saturated rings. The zero-order chi connectivity index (χ0) is 15.5. The lowest BCUT2D eigenvalue weighted by atomic mass is 9.95. The molecule has 2 aromatic carbocycles. The number of benzene rings is 2. The molecule has 0 bridgehead atoms. The van der Waals surface area contributed by atoms with E-state index < -0.39 is 0 Å². The second kappa shape index (κ2) is 6.32. The molecule has 0 spiro atoms. The van der Waals surface area contributed by atoms with Gasteiger partial charge in [0.2, 0.25) is 0 Å². The number of para-hydroxylation sites is 1. The lowest BCUT2D eigenvalue weighted by Crippen LogP contribution is -1.99. The minimum Gasteiger partial charge on any atom is -0.398 e. The molecule has 3 rings (SSSR count). The third-order valence-corrected chi connectivity index (χ3v) is 4.34. The van der Waals surface area contributed by atoms with Gasteiger partial charge >= 0.3 is 0 Å². The summed E-state index contributed by atoms with van der Waals surface area (Å²) in [4.78, 5) is 4.76. The molecule has 0 saturated heterocycles. The Morgan fingerprint density at radius 3 is 2.68 bits per heavy atom. The standard InChI is InChI=1S/C19H22N2O/c1-13-15(8-3-2-6-10-22)16-11-14-7-4-5-9-18(14)21-19(16)12-17(13)20/h4-5,7,9,11-12,22H,2-3,6,8,10,20H2,1H3. The van der Waals surface area contributed by atoms with Crippen molar-refractivity contribution in [1.29, 1.82) is 0 Å². The molecule has 0 unspecified atom stereocenters. The fourth-order valence-electron chi connectivity index (χ4n) is 3.03. The first-order valence-corrected chi connectivity index (χ1v) is 7.89. The normalized spacial score (nSPS) is 11.4. The molecule has 1 heterocycles. The van der Waals surface area contributed by atoms with Crippen molar-refractivity contribution in [2.24, 2.45) is 0 Å². The van der Waals surface area contributed by atoms with E-state index in [1.807, 2.05) is 24.3 Å². The largest absolute Gasteiger partial charge is 0.398 e. The quantitative estimate of drug-likeness (QED) is 0.425. The molecule has 3 aromatic rings. The zero-order valence-electron chi connectivity index (χ0n) is 13.0. The van der Waals surface area contributed by atoms with Gasteiger partial charge in [-0.25, -0.2) is 4.98 Å². The molecule has 3 nitrogen and oxygen atoms in total. The van der Waals surface area contributed by atoms with Gasteiger partial charge in [0, 0.05) is 23.1 Å². The van der Waals surface area contributed by atoms with Gasteiger partial charge < -0.3 is 10.8 Å². The summed E-state index contributed by atoms with van der Waals surface area (Å²) >= 11 is 0. The highest BCUT2D eigenvalue weighted by Gasteiger charge is 2.10. The predicted molar refractivity (Wildman–Crippen MR) is 93.0 cm³/mol. The highest BCUT2D eigenvalue weighted by molar-refractivity contribution is 5.96. The number of anilines is 1. The van der Waals surface area contributed by atoms with Crippen molar-refractivity contribution in [3.63, 3.8) is 0 Å². The van der Waals surface area contributed by atoms with Gasteiger partial charge in [-0.1, -0.05) is 24.6 Å². The fourth-order valence-corrected chi connectivity index (χ4v) is 3.03. The molecule has 114 valence electrons. The number of aliphatic hydroxyl groups excluding tert-OH is 1. The van der Waals surface area contributed by atoms with E-state index in [2.05, 4.69) is 19.1 Å². The third-order valence-electron chi connectivity index (χ3n) is 4.34. The Kier molecular flexibility index (Phi) is 4.25. The van der Waals surface area contributed by atoms with Crippen molar-refractivity contribution >= 4 is 27.5 Å². The van der Waals surface area contributed by atoms with Crippen LogP contribution in [0, 0.1) is 6.92 Å². The van der Waals surface area contributed by atoms with Crippen LogP contribution in [0.5, 0.6) is 0 Å². The molecule has 0 amide bonds. The van der Waals surface area contributed by atoms with Crippen molar-refractivity contribution < 1.29 is 5.11 Å². The van der Waals surface area contributed by atoms with Crippen LogP contribution >= 0.6 is 0 Å². The number of rotatable bonds is 5. The lowest BCUT2D eigenvalue weighted by Gasteiger charge is -2.13. The number of hydrogen-bond acceptors (Lipinski definition) is 3. The number of aromatic nitrogens is 1. The van der Waals surface area contributed by atoms with E-state index in [1.54, 1.807) is 0 Å². The van der Waals surface area contributed by atoms with E-state index >= 15 is 0 Å². The van der Waals surface area contributed by atoms with Crippen LogP contribution in [0.3, 0.4) is 0 Å². The van der Waals surface area contributed by atoms with Crippen LogP contribution in [-0.2, 0) is 6.42 Å². The number of aliphatic hydroxyl groups is 1. The number of nitrogens with zero attached hydrogens (tertiary/aromatic N) is 1. The van der Waals surface area contributed by atoms with Gasteiger partial charge in [0.1, 0.15) is 0 Å². The molecule has 0 aliphatic rings. The van der Waals surface area contributed by atoms with Crippen molar-refractivity contribution in [3.05, 3.63) is 47.5 Å². The van der Waals surface area contributed by atoms with Gasteiger partial charge in [-0.2, -0.15) is 0 Å². The Bertz CT molecular complexity index is 811. The Labute approximate surface area is 130 Å². The molecule has 0 aliphatic carbocycles. The summed E-state index contributed by atoms with van der Waals surface area (Å²) in [7, 11) is 0. The fraction of sp³-hybridized carbons (Fsp3) is 0.316. The number of aryl methyl sites for hydroxylation is 1. The first kappa shape index (κ1) is 14.8. The maximum absolute atomic E-state index is 8.92. The Morgan fingerprint density at radius 2 is 1.86 bits per heavy atom. The Morgan fingerprint density at radius 1 is 1.05 bits per heavy atom. The number of hydrogen-bond donors (Lipinski definition) is 2. The lowest BCUT2D eigenvalue weighted by molar-refractivity contribution is 0.283. The minimum atomic E-state index is 0.267. The smallest absolute Gasteiger partial charge is 0.0733 e. The first-order valence-electron chi connectivity index (χ1n) is 7.89. The van der Waals surface area contributed by atoms with E-state index in [-0.39, 0.29) is 6.61 Å². The van der Waals surface area contributed by atoms with Crippen LogP contribution in [0.15, 0.2) is 36.4 Å². The summed E-state index contributed by atoms with van der Waals surface area (Å²) in [6, 6.07) is 12.4. The number of nitrogens with two attached hydrogens (primary N) is 1. The van der Waals surface area contributed by atoms with Gasteiger partial charge in [-0.15, -0.1) is 0 Å². The second-order valence-corrected chi connectivity index (χ2v) is 5.85. The van der Waals surface area contributed by atoms with Crippen molar-refractivity contribution in [1.82, 2.24) is 4.98 Å². The van der Waals surface area contributed by atoms with Crippen LogP contribution in [0.2, 0.25) is 0 Å². The maximum atomic E-state index is 8.92. The minimum absolute atomic E-state index is 0.267. The molecule has 0 saturated carbocycles. The maximum Gasteiger partial charge on any atom is 0.0733 e. The summed E-state index contributed by atoms with van der Waals surface area (Å²) in [6.07, 6.45) is 3.94. The van der Waals surface area contributed by atoms with Gasteiger partial charge in [0.15, 0.2) is 0 Å². The Balaban J connectivity index is 2.10.